The van der Waals surface area contributed by atoms with E-state index in [0.717, 1.165) is 0 Å². The molecule has 0 saturated carbocycles. The summed E-state index contributed by atoms with van der Waals surface area (Å²) < 4.78 is 32.3. The Morgan fingerprint density at radius 1 is 1.40 bits per heavy atom. The maximum Gasteiger partial charge on any atom is 0.143 e. The molecule has 0 spiro atoms. The van der Waals surface area contributed by atoms with Crippen LogP contribution in [-0.2, 0) is 10.7 Å². The second kappa shape index (κ2) is 5.65. The highest BCUT2D eigenvalue weighted by Gasteiger charge is 2.08. The monoisotopic (exact) mass is 167 g/mol. The maximum atomic E-state index is 11.6. The molecule has 0 fully saturated rings. The highest BCUT2D eigenvalue weighted by atomic mass is 32.2. The molecule has 0 heterocycles. The lowest BCUT2D eigenvalue weighted by Gasteiger charge is -2.03. The lowest BCUT2D eigenvalue weighted by Crippen LogP contribution is -2.09. The van der Waals surface area contributed by atoms with Gasteiger partial charge in [0.25, 0.3) is 0 Å². The second-order valence-corrected chi connectivity index (χ2v) is 3.36. The molecule has 1 atom stereocenters. The van der Waals surface area contributed by atoms with E-state index in [4.69, 9.17) is 0 Å². The van der Waals surface area contributed by atoms with Gasteiger partial charge in [-0.2, -0.15) is 0 Å². The third-order valence-corrected chi connectivity index (χ3v) is 2.39. The van der Waals surface area contributed by atoms with Crippen LogP contribution in [0.5, 0.6) is 0 Å². The summed E-state index contributed by atoms with van der Waals surface area (Å²) in [6.07, 6.45) is 1.14. The molecular formula is C6H12FO2S. The van der Waals surface area contributed by atoms with E-state index in [1.165, 1.54) is 0 Å². The van der Waals surface area contributed by atoms with Gasteiger partial charge in [-0.15, -0.1) is 0 Å². The van der Waals surface area contributed by atoms with E-state index in [1.54, 1.807) is 0 Å². The highest BCUT2D eigenvalue weighted by molar-refractivity contribution is 7.73. The van der Waals surface area contributed by atoms with Crippen LogP contribution >= 0.6 is 0 Å². The molecule has 0 aromatic rings. The van der Waals surface area contributed by atoms with E-state index in [0.29, 0.717) is 12.8 Å². The number of alkyl halides is 1. The van der Waals surface area contributed by atoms with Gasteiger partial charge in [0.1, 0.15) is 10.7 Å². The van der Waals surface area contributed by atoms with Crippen LogP contribution in [0.15, 0.2) is 0 Å². The number of hydrogen-bond acceptors (Lipinski definition) is 2. The van der Waals surface area contributed by atoms with Crippen molar-refractivity contribution in [2.45, 2.75) is 24.5 Å². The summed E-state index contributed by atoms with van der Waals surface area (Å²) in [5.41, 5.74) is 0. The fourth-order valence-corrected chi connectivity index (χ4v) is 1.42. The standard InChI is InChI=1S/C6H12FO2S/c1-2-3-6(4-5-7)10(8)9/h6,10H,1-5H2. The zero-order chi connectivity index (χ0) is 7.98. The molecule has 1 radical (unpaired) electrons. The van der Waals surface area contributed by atoms with Crippen LogP contribution in [0.25, 0.3) is 0 Å². The Hall–Kier alpha value is -0.120. The van der Waals surface area contributed by atoms with Gasteiger partial charge in [0.15, 0.2) is 0 Å². The molecule has 1 unspecified atom stereocenters. The van der Waals surface area contributed by atoms with E-state index >= 15 is 0 Å². The van der Waals surface area contributed by atoms with E-state index < -0.39 is 22.6 Å². The van der Waals surface area contributed by atoms with E-state index in [2.05, 4.69) is 6.92 Å². The average molecular weight is 167 g/mol. The Balaban J connectivity index is 3.73. The Morgan fingerprint density at radius 3 is 2.30 bits per heavy atom. The number of hydrogen-bond donors (Lipinski definition) is 1. The fourth-order valence-electron chi connectivity index (χ4n) is 0.717. The van der Waals surface area contributed by atoms with E-state index in [1.807, 2.05) is 0 Å². The third-order valence-electron chi connectivity index (χ3n) is 1.28. The van der Waals surface area contributed by atoms with Crippen LogP contribution in [0.3, 0.4) is 0 Å². The third kappa shape index (κ3) is 3.82. The Labute approximate surface area is 62.4 Å². The largest absolute Gasteiger partial charge is 0.251 e. The quantitative estimate of drug-likeness (QED) is 0.618. The molecule has 4 heteroatoms. The number of rotatable bonds is 5. The van der Waals surface area contributed by atoms with Gasteiger partial charge in [-0.3, -0.25) is 4.39 Å². The van der Waals surface area contributed by atoms with Gasteiger partial charge in [0, 0.05) is 0 Å². The van der Waals surface area contributed by atoms with Crippen molar-refractivity contribution in [1.82, 2.24) is 0 Å². The Kier molecular flexibility index (Phi) is 5.58. The molecule has 0 aromatic carbocycles. The van der Waals surface area contributed by atoms with E-state index in [-0.39, 0.29) is 6.42 Å². The van der Waals surface area contributed by atoms with Crippen molar-refractivity contribution in [2.75, 3.05) is 6.67 Å². The molecular weight excluding hydrogens is 155 g/mol. The summed E-state index contributed by atoms with van der Waals surface area (Å²) in [5, 5.41) is -0.502. The van der Waals surface area contributed by atoms with Crippen molar-refractivity contribution in [3.05, 3.63) is 6.92 Å². The first-order valence-electron chi connectivity index (χ1n) is 3.21. The summed E-state index contributed by atoms with van der Waals surface area (Å²) in [5.74, 6) is 0. The molecule has 0 saturated heterocycles. The van der Waals surface area contributed by atoms with Crippen molar-refractivity contribution in [1.29, 1.82) is 0 Å². The van der Waals surface area contributed by atoms with Crippen molar-refractivity contribution in [3.8, 4) is 0 Å². The van der Waals surface area contributed by atoms with Crippen LogP contribution in [0.2, 0.25) is 0 Å². The predicted octanol–water partition coefficient (Wildman–Crippen LogP) is 0.940. The van der Waals surface area contributed by atoms with Gasteiger partial charge in [-0.25, -0.2) is 8.42 Å². The van der Waals surface area contributed by atoms with Crippen LogP contribution in [0, 0.1) is 6.92 Å². The van der Waals surface area contributed by atoms with Crippen LogP contribution in [-0.4, -0.2) is 20.3 Å². The normalized spacial score (nSPS) is 13.9. The minimum absolute atomic E-state index is 0.119. The smallest absolute Gasteiger partial charge is 0.143 e. The number of thiol groups is 1. The molecule has 2 nitrogen and oxygen atoms in total. The topological polar surface area (TPSA) is 34.1 Å². The predicted molar refractivity (Wildman–Crippen MR) is 39.3 cm³/mol. The van der Waals surface area contributed by atoms with Crippen molar-refractivity contribution in [2.24, 2.45) is 0 Å². The zero-order valence-electron chi connectivity index (χ0n) is 5.75. The molecule has 0 N–H and O–H groups in total. The van der Waals surface area contributed by atoms with E-state index in [9.17, 15) is 12.8 Å². The van der Waals surface area contributed by atoms with Gasteiger partial charge in [-0.1, -0.05) is 13.3 Å². The van der Waals surface area contributed by atoms with Crippen LogP contribution in [0.4, 0.5) is 4.39 Å². The second-order valence-electron chi connectivity index (χ2n) is 2.06. The molecule has 0 bridgehead atoms. The minimum Gasteiger partial charge on any atom is -0.251 e. The summed E-state index contributed by atoms with van der Waals surface area (Å²) >= 11 is 0. The minimum atomic E-state index is -2.46. The van der Waals surface area contributed by atoms with Gasteiger partial charge in [0.2, 0.25) is 0 Å². The molecule has 61 valence electrons. The number of halogens is 1. The van der Waals surface area contributed by atoms with Crippen molar-refractivity contribution >= 4 is 10.7 Å². The highest BCUT2D eigenvalue weighted by Crippen LogP contribution is 2.05. The van der Waals surface area contributed by atoms with Gasteiger partial charge in [0.05, 0.1) is 11.9 Å². The maximum absolute atomic E-state index is 11.6. The fraction of sp³-hybridized carbons (Fsp3) is 0.833. The SMILES string of the molecule is [CH2]CCC(CCF)[SH](=O)=O. The first-order valence-corrected chi connectivity index (χ1v) is 4.45. The van der Waals surface area contributed by atoms with Crippen molar-refractivity contribution < 1.29 is 12.8 Å². The first kappa shape index (κ1) is 9.88. The molecule has 10 heavy (non-hydrogen) atoms. The van der Waals surface area contributed by atoms with Crippen molar-refractivity contribution in [3.63, 3.8) is 0 Å². The van der Waals surface area contributed by atoms with Gasteiger partial charge >= 0.3 is 0 Å². The Bertz CT molecular complexity index is 131. The lowest BCUT2D eigenvalue weighted by molar-refractivity contribution is 0.454. The molecule has 0 aliphatic rings. The van der Waals surface area contributed by atoms with Crippen LogP contribution in [0.1, 0.15) is 19.3 Å². The summed E-state index contributed by atoms with van der Waals surface area (Å²) in [6.45, 7) is 2.94. The molecule has 0 aromatic heterocycles. The zero-order valence-corrected chi connectivity index (χ0v) is 6.65. The molecule has 0 rings (SSSR count). The van der Waals surface area contributed by atoms with Gasteiger partial charge < -0.3 is 0 Å². The molecule has 0 aliphatic heterocycles. The van der Waals surface area contributed by atoms with Crippen LogP contribution < -0.4 is 0 Å². The molecule has 0 amide bonds. The Morgan fingerprint density at radius 2 is 2.00 bits per heavy atom. The van der Waals surface area contributed by atoms with Gasteiger partial charge in [-0.05, 0) is 12.8 Å². The summed E-state index contributed by atoms with van der Waals surface area (Å²) in [4.78, 5) is 0. The first-order chi connectivity index (χ1) is 4.72. The summed E-state index contributed by atoms with van der Waals surface area (Å²) in [6, 6.07) is 0. The summed E-state index contributed by atoms with van der Waals surface area (Å²) in [7, 11) is -2.46. The lowest BCUT2D eigenvalue weighted by atomic mass is 10.2. The molecule has 0 aliphatic carbocycles. The average Bonchev–Trinajstić information content (AvgIpc) is 1.87.